The van der Waals surface area contributed by atoms with Crippen molar-refractivity contribution >= 4 is 40.1 Å². The van der Waals surface area contributed by atoms with Crippen LogP contribution >= 0.6 is 22.7 Å². The first-order valence-corrected chi connectivity index (χ1v) is 12.3. The molecule has 1 unspecified atom stereocenters. The van der Waals surface area contributed by atoms with Crippen LogP contribution < -0.4 is 4.90 Å². The summed E-state index contributed by atoms with van der Waals surface area (Å²) in [6.45, 7) is 3.52. The molecule has 0 fully saturated rings. The minimum absolute atomic E-state index is 0.0343. The van der Waals surface area contributed by atoms with Gasteiger partial charge in [0, 0.05) is 22.2 Å². The molecular weight excluding hydrogens is 490 g/mol. The summed E-state index contributed by atoms with van der Waals surface area (Å²) in [5.74, 6) is -4.31. The molecule has 2 aromatic carbocycles. The quantitative estimate of drug-likeness (QED) is 0.311. The molecule has 0 radical (unpaired) electrons. The minimum atomic E-state index is -1.14. The lowest BCUT2D eigenvalue weighted by molar-refractivity contribution is -0.117. The van der Waals surface area contributed by atoms with Crippen LogP contribution in [0, 0.1) is 25.5 Å². The number of hydrogen-bond acceptors (Lipinski definition) is 6. The zero-order valence-electron chi connectivity index (χ0n) is 18.6. The fraction of sp³-hybridized carbons (Fsp3) is 0.115. The summed E-state index contributed by atoms with van der Waals surface area (Å²) in [5.41, 5.74) is 2.03. The number of thiophene rings is 1. The molecule has 5 nitrogen and oxygen atoms in total. The van der Waals surface area contributed by atoms with Crippen molar-refractivity contribution in [2.45, 2.75) is 19.9 Å². The highest BCUT2D eigenvalue weighted by atomic mass is 32.1. The van der Waals surface area contributed by atoms with Crippen molar-refractivity contribution in [1.29, 1.82) is 0 Å². The maximum atomic E-state index is 14.1. The molecule has 176 valence electrons. The summed E-state index contributed by atoms with van der Waals surface area (Å²) in [6.07, 6.45) is 0. The largest absolute Gasteiger partial charge is 0.503 e. The standard InChI is InChI=1S/C26H18F2N2O3S2/c1-13-10-11-34-23(13)20-19(22(32)26(33)30(20)16-8-9-17(27)18(28)12-16)21(31)24-14(2)29-25(35-24)15-6-4-3-5-7-15/h3-12,20,32H,1-2H3. The van der Waals surface area contributed by atoms with Gasteiger partial charge in [-0.15, -0.1) is 22.7 Å². The summed E-state index contributed by atoms with van der Waals surface area (Å²) in [4.78, 5) is 33.6. The van der Waals surface area contributed by atoms with Gasteiger partial charge in [0.25, 0.3) is 5.91 Å². The number of carbonyl (C=O) groups excluding carboxylic acids is 2. The van der Waals surface area contributed by atoms with Crippen LogP contribution in [-0.2, 0) is 4.79 Å². The SMILES string of the molecule is Cc1ccsc1C1C(C(=O)c2sc(-c3ccccc3)nc2C)=C(O)C(=O)N1c1ccc(F)c(F)c1. The van der Waals surface area contributed by atoms with E-state index in [0.717, 1.165) is 28.2 Å². The van der Waals surface area contributed by atoms with E-state index in [1.165, 1.54) is 28.7 Å². The number of aromatic nitrogens is 1. The van der Waals surface area contributed by atoms with Crippen LogP contribution in [0.1, 0.15) is 31.8 Å². The monoisotopic (exact) mass is 508 g/mol. The van der Waals surface area contributed by atoms with Crippen LogP contribution in [0.5, 0.6) is 0 Å². The summed E-state index contributed by atoms with van der Waals surface area (Å²) in [5, 5.41) is 13.4. The maximum Gasteiger partial charge on any atom is 0.294 e. The average Bonchev–Trinajstić information content (AvgIpc) is 3.52. The smallest absolute Gasteiger partial charge is 0.294 e. The van der Waals surface area contributed by atoms with E-state index < -0.39 is 35.1 Å². The van der Waals surface area contributed by atoms with Crippen molar-refractivity contribution in [3.63, 3.8) is 0 Å². The number of aliphatic hydroxyl groups is 1. The molecule has 4 aromatic rings. The predicted molar refractivity (Wildman–Crippen MR) is 132 cm³/mol. The van der Waals surface area contributed by atoms with Gasteiger partial charge in [-0.1, -0.05) is 30.3 Å². The molecule has 3 heterocycles. The van der Waals surface area contributed by atoms with E-state index in [4.69, 9.17) is 0 Å². The first-order chi connectivity index (χ1) is 16.8. The summed E-state index contributed by atoms with van der Waals surface area (Å²) in [6, 6.07) is 13.2. The fourth-order valence-corrected chi connectivity index (χ4v) is 6.14. The van der Waals surface area contributed by atoms with Gasteiger partial charge in [0.15, 0.2) is 17.4 Å². The molecular formula is C26H18F2N2O3S2. The molecule has 0 saturated heterocycles. The Kier molecular flexibility index (Phi) is 5.82. The first kappa shape index (κ1) is 23.1. The van der Waals surface area contributed by atoms with Crippen molar-refractivity contribution in [3.05, 3.63) is 104 Å². The Morgan fingerprint density at radius 1 is 1.06 bits per heavy atom. The van der Waals surface area contributed by atoms with Crippen LogP contribution in [-0.4, -0.2) is 21.8 Å². The third kappa shape index (κ3) is 3.86. The van der Waals surface area contributed by atoms with Crippen molar-refractivity contribution in [2.24, 2.45) is 0 Å². The second-order valence-corrected chi connectivity index (χ2v) is 9.98. The molecule has 1 aliphatic heterocycles. The molecule has 5 rings (SSSR count). The molecule has 1 atom stereocenters. The Hall–Kier alpha value is -3.69. The zero-order chi connectivity index (χ0) is 24.9. The molecule has 0 saturated carbocycles. The zero-order valence-corrected chi connectivity index (χ0v) is 20.2. The Balaban J connectivity index is 1.64. The number of Topliss-reactive ketones (excluding diaryl/α,β-unsaturated/α-hetero) is 1. The topological polar surface area (TPSA) is 70.5 Å². The van der Waals surface area contributed by atoms with E-state index in [-0.39, 0.29) is 11.3 Å². The number of ketones is 1. The summed E-state index contributed by atoms with van der Waals surface area (Å²) >= 11 is 2.48. The molecule has 1 aliphatic rings. The number of halogens is 2. The van der Waals surface area contributed by atoms with Gasteiger partial charge in [-0.3, -0.25) is 14.5 Å². The number of nitrogens with zero attached hydrogens (tertiary/aromatic N) is 2. The lowest BCUT2D eigenvalue weighted by atomic mass is 9.98. The molecule has 9 heteroatoms. The first-order valence-electron chi connectivity index (χ1n) is 10.6. The average molecular weight is 509 g/mol. The molecule has 0 bridgehead atoms. The molecule has 1 amide bonds. The van der Waals surface area contributed by atoms with Gasteiger partial charge >= 0.3 is 0 Å². The van der Waals surface area contributed by atoms with Gasteiger partial charge in [0.05, 0.1) is 16.1 Å². The summed E-state index contributed by atoms with van der Waals surface area (Å²) in [7, 11) is 0. The number of rotatable bonds is 5. The van der Waals surface area contributed by atoms with Gasteiger partial charge in [0.2, 0.25) is 5.78 Å². The van der Waals surface area contributed by atoms with Gasteiger partial charge in [0.1, 0.15) is 11.0 Å². The fourth-order valence-electron chi connectivity index (χ4n) is 4.08. The Morgan fingerprint density at radius 3 is 2.46 bits per heavy atom. The number of anilines is 1. The van der Waals surface area contributed by atoms with E-state index in [0.29, 0.717) is 20.5 Å². The van der Waals surface area contributed by atoms with Crippen LogP contribution in [0.3, 0.4) is 0 Å². The third-order valence-corrected chi connectivity index (χ3v) is 8.08. The highest BCUT2D eigenvalue weighted by Gasteiger charge is 2.46. The van der Waals surface area contributed by atoms with Crippen LogP contribution in [0.2, 0.25) is 0 Å². The van der Waals surface area contributed by atoms with Crippen molar-refractivity contribution in [2.75, 3.05) is 4.90 Å². The van der Waals surface area contributed by atoms with E-state index >= 15 is 0 Å². The van der Waals surface area contributed by atoms with E-state index in [1.54, 1.807) is 6.92 Å². The van der Waals surface area contributed by atoms with Crippen LogP contribution in [0.25, 0.3) is 10.6 Å². The molecule has 2 aromatic heterocycles. The number of hydrogen-bond donors (Lipinski definition) is 1. The number of aryl methyl sites for hydroxylation is 2. The van der Waals surface area contributed by atoms with Gasteiger partial charge in [-0.05, 0) is 43.0 Å². The number of benzene rings is 2. The lowest BCUT2D eigenvalue weighted by Crippen LogP contribution is -2.31. The van der Waals surface area contributed by atoms with Crippen LogP contribution in [0.4, 0.5) is 14.5 Å². The predicted octanol–water partition coefficient (Wildman–Crippen LogP) is 6.55. The molecule has 0 spiro atoms. The van der Waals surface area contributed by atoms with E-state index in [1.807, 2.05) is 48.7 Å². The maximum absolute atomic E-state index is 14.1. The van der Waals surface area contributed by atoms with Crippen LogP contribution in [0.15, 0.2) is 71.3 Å². The molecule has 0 aliphatic carbocycles. The highest BCUT2D eigenvalue weighted by molar-refractivity contribution is 7.17. The highest BCUT2D eigenvalue weighted by Crippen LogP contribution is 2.45. The second kappa shape index (κ2) is 8.83. The van der Waals surface area contributed by atoms with Gasteiger partial charge in [-0.25, -0.2) is 13.8 Å². The Labute approximate surface area is 207 Å². The van der Waals surface area contributed by atoms with Crippen molar-refractivity contribution in [3.8, 4) is 10.6 Å². The van der Waals surface area contributed by atoms with Crippen molar-refractivity contribution < 1.29 is 23.5 Å². The lowest BCUT2D eigenvalue weighted by Gasteiger charge is -2.26. The van der Waals surface area contributed by atoms with E-state index in [2.05, 4.69) is 4.98 Å². The van der Waals surface area contributed by atoms with Crippen molar-refractivity contribution in [1.82, 2.24) is 4.98 Å². The number of amides is 1. The summed E-state index contributed by atoms with van der Waals surface area (Å²) < 4.78 is 27.7. The van der Waals surface area contributed by atoms with E-state index in [9.17, 15) is 23.5 Å². The normalized spacial score (nSPS) is 15.8. The molecule has 35 heavy (non-hydrogen) atoms. The number of aliphatic hydroxyl groups excluding tert-OH is 1. The second-order valence-electron chi connectivity index (χ2n) is 8.03. The third-order valence-electron chi connectivity index (χ3n) is 5.81. The van der Waals surface area contributed by atoms with Gasteiger partial charge in [-0.2, -0.15) is 0 Å². The minimum Gasteiger partial charge on any atom is -0.503 e. The molecule has 1 N–H and O–H groups in total. The number of thiazole rings is 1. The Morgan fingerprint density at radius 2 is 1.80 bits per heavy atom. The van der Waals surface area contributed by atoms with Gasteiger partial charge < -0.3 is 5.11 Å². The Bertz CT molecular complexity index is 1510. The number of carbonyl (C=O) groups is 2.